The van der Waals surface area contributed by atoms with Crippen LogP contribution in [-0.2, 0) is 4.79 Å². The maximum absolute atomic E-state index is 12.0. The van der Waals surface area contributed by atoms with Gasteiger partial charge in [-0.05, 0) is 42.5 Å². The third kappa shape index (κ3) is 3.31. The van der Waals surface area contributed by atoms with Gasteiger partial charge < -0.3 is 10.1 Å². The van der Waals surface area contributed by atoms with Crippen LogP contribution in [0.4, 0.5) is 11.4 Å². The Hall–Kier alpha value is -2.91. The standard InChI is InChI=1S/C15H12N2O3/c1-20-14-7-5-12(6-8-14)17-15(19)11-3-2-4-13(9-11)16-10-18/h2-9H,1H3,(H,17,19). The molecule has 2 aromatic carbocycles. The van der Waals surface area contributed by atoms with Crippen molar-refractivity contribution in [1.29, 1.82) is 0 Å². The molecule has 0 unspecified atom stereocenters. The van der Waals surface area contributed by atoms with E-state index in [0.717, 1.165) is 0 Å². The molecule has 0 saturated heterocycles. The molecule has 1 amide bonds. The number of carbonyl (C=O) groups is 1. The van der Waals surface area contributed by atoms with Crippen LogP contribution in [0.2, 0.25) is 0 Å². The van der Waals surface area contributed by atoms with Crippen molar-refractivity contribution >= 4 is 23.4 Å². The summed E-state index contributed by atoms with van der Waals surface area (Å²) in [4.78, 5) is 25.7. The molecule has 0 saturated carbocycles. The molecule has 0 heterocycles. The number of rotatable bonds is 4. The van der Waals surface area contributed by atoms with Crippen molar-refractivity contribution in [2.45, 2.75) is 0 Å². The minimum Gasteiger partial charge on any atom is -0.497 e. The number of ether oxygens (including phenoxy) is 1. The highest BCUT2D eigenvalue weighted by Gasteiger charge is 2.06. The van der Waals surface area contributed by atoms with Crippen LogP contribution < -0.4 is 10.1 Å². The fraction of sp³-hybridized carbons (Fsp3) is 0.0667. The average molecular weight is 268 g/mol. The molecule has 2 rings (SSSR count). The number of amides is 1. The van der Waals surface area contributed by atoms with Crippen LogP contribution in [0.5, 0.6) is 5.75 Å². The smallest absolute Gasteiger partial charge is 0.255 e. The fourth-order valence-electron chi connectivity index (χ4n) is 1.65. The van der Waals surface area contributed by atoms with E-state index < -0.39 is 0 Å². The van der Waals surface area contributed by atoms with E-state index >= 15 is 0 Å². The number of hydrogen-bond donors (Lipinski definition) is 1. The lowest BCUT2D eigenvalue weighted by molar-refractivity contribution is 0.102. The van der Waals surface area contributed by atoms with E-state index in [-0.39, 0.29) is 5.91 Å². The van der Waals surface area contributed by atoms with Crippen LogP contribution in [0.1, 0.15) is 10.4 Å². The van der Waals surface area contributed by atoms with E-state index in [2.05, 4.69) is 10.3 Å². The second kappa shape index (κ2) is 6.31. The van der Waals surface area contributed by atoms with Crippen molar-refractivity contribution in [2.75, 3.05) is 12.4 Å². The van der Waals surface area contributed by atoms with E-state index in [0.29, 0.717) is 22.7 Å². The minimum atomic E-state index is -0.280. The number of benzene rings is 2. The number of aliphatic imine (C=N–C) groups is 1. The molecule has 0 bridgehead atoms. The molecule has 0 atom stereocenters. The molecular formula is C15H12N2O3. The van der Waals surface area contributed by atoms with Gasteiger partial charge in [0.2, 0.25) is 6.08 Å². The first-order valence-electron chi connectivity index (χ1n) is 5.86. The Morgan fingerprint density at radius 3 is 2.60 bits per heavy atom. The molecule has 0 fully saturated rings. The third-order valence-electron chi connectivity index (χ3n) is 2.63. The van der Waals surface area contributed by atoms with Gasteiger partial charge in [-0.15, -0.1) is 0 Å². The van der Waals surface area contributed by atoms with Gasteiger partial charge in [0, 0.05) is 11.3 Å². The summed E-state index contributed by atoms with van der Waals surface area (Å²) in [5, 5.41) is 2.74. The summed E-state index contributed by atoms with van der Waals surface area (Å²) in [7, 11) is 1.58. The molecule has 0 spiro atoms. The van der Waals surface area contributed by atoms with Crippen molar-refractivity contribution in [3.63, 3.8) is 0 Å². The molecule has 5 nitrogen and oxygen atoms in total. The van der Waals surface area contributed by atoms with Crippen molar-refractivity contribution in [2.24, 2.45) is 4.99 Å². The highest BCUT2D eigenvalue weighted by molar-refractivity contribution is 6.04. The number of nitrogens with zero attached hydrogens (tertiary/aromatic N) is 1. The largest absolute Gasteiger partial charge is 0.497 e. The zero-order valence-corrected chi connectivity index (χ0v) is 10.8. The van der Waals surface area contributed by atoms with Crippen molar-refractivity contribution in [1.82, 2.24) is 0 Å². The van der Waals surface area contributed by atoms with Gasteiger partial charge in [0.15, 0.2) is 0 Å². The first kappa shape index (κ1) is 13.5. The quantitative estimate of drug-likeness (QED) is 0.684. The van der Waals surface area contributed by atoms with Gasteiger partial charge in [-0.2, -0.15) is 4.99 Å². The van der Waals surface area contributed by atoms with Crippen LogP contribution in [-0.4, -0.2) is 19.1 Å². The highest BCUT2D eigenvalue weighted by atomic mass is 16.5. The van der Waals surface area contributed by atoms with Gasteiger partial charge in [0.05, 0.1) is 12.8 Å². The summed E-state index contributed by atoms with van der Waals surface area (Å²) >= 11 is 0. The fourth-order valence-corrected chi connectivity index (χ4v) is 1.65. The number of carbonyl (C=O) groups excluding carboxylic acids is 2. The number of anilines is 1. The van der Waals surface area contributed by atoms with Crippen LogP contribution >= 0.6 is 0 Å². The molecule has 0 aliphatic rings. The maximum Gasteiger partial charge on any atom is 0.255 e. The predicted octanol–water partition coefficient (Wildman–Crippen LogP) is 2.91. The number of nitrogens with one attached hydrogen (secondary N) is 1. The molecule has 0 aliphatic carbocycles. The Morgan fingerprint density at radius 1 is 1.20 bits per heavy atom. The molecule has 1 N–H and O–H groups in total. The first-order chi connectivity index (χ1) is 9.72. The molecule has 0 radical (unpaired) electrons. The monoisotopic (exact) mass is 268 g/mol. The van der Waals surface area contributed by atoms with E-state index in [1.807, 2.05) is 0 Å². The van der Waals surface area contributed by atoms with Crippen LogP contribution in [0.3, 0.4) is 0 Å². The molecule has 100 valence electrons. The van der Waals surface area contributed by atoms with E-state index in [1.165, 1.54) is 12.1 Å². The Kier molecular flexibility index (Phi) is 4.27. The van der Waals surface area contributed by atoms with Crippen molar-refractivity contribution in [3.05, 3.63) is 54.1 Å². The molecule has 0 aromatic heterocycles. The van der Waals surface area contributed by atoms with Gasteiger partial charge in [-0.25, -0.2) is 4.79 Å². The van der Waals surface area contributed by atoms with E-state index in [9.17, 15) is 9.59 Å². The van der Waals surface area contributed by atoms with Crippen molar-refractivity contribution < 1.29 is 14.3 Å². The van der Waals surface area contributed by atoms with E-state index in [4.69, 9.17) is 4.74 Å². The van der Waals surface area contributed by atoms with Gasteiger partial charge in [-0.1, -0.05) is 6.07 Å². The zero-order chi connectivity index (χ0) is 14.4. The summed E-state index contributed by atoms with van der Waals surface area (Å²) in [6.45, 7) is 0. The Morgan fingerprint density at radius 2 is 1.95 bits per heavy atom. The Balaban J connectivity index is 2.14. The average Bonchev–Trinajstić information content (AvgIpc) is 2.48. The van der Waals surface area contributed by atoms with E-state index in [1.54, 1.807) is 49.6 Å². The van der Waals surface area contributed by atoms with Crippen LogP contribution in [0.25, 0.3) is 0 Å². The summed E-state index contributed by atoms with van der Waals surface area (Å²) in [5.74, 6) is 0.434. The number of hydrogen-bond acceptors (Lipinski definition) is 4. The first-order valence-corrected chi connectivity index (χ1v) is 5.86. The summed E-state index contributed by atoms with van der Waals surface area (Å²) in [6.07, 6.45) is 1.44. The van der Waals surface area contributed by atoms with Gasteiger partial charge >= 0.3 is 0 Å². The number of isocyanates is 1. The number of methoxy groups -OCH3 is 1. The second-order valence-corrected chi connectivity index (χ2v) is 3.94. The lowest BCUT2D eigenvalue weighted by Crippen LogP contribution is -2.11. The zero-order valence-electron chi connectivity index (χ0n) is 10.8. The predicted molar refractivity (Wildman–Crippen MR) is 75.2 cm³/mol. The molecule has 2 aromatic rings. The SMILES string of the molecule is COc1ccc(NC(=O)c2cccc(N=C=O)c2)cc1. The van der Waals surface area contributed by atoms with Crippen LogP contribution in [0.15, 0.2) is 53.5 Å². The van der Waals surface area contributed by atoms with Crippen LogP contribution in [0, 0.1) is 0 Å². The normalized spacial score (nSPS) is 9.45. The highest BCUT2D eigenvalue weighted by Crippen LogP contribution is 2.17. The van der Waals surface area contributed by atoms with Gasteiger partial charge in [0.25, 0.3) is 5.91 Å². The minimum absolute atomic E-state index is 0.280. The molecule has 0 aliphatic heterocycles. The summed E-state index contributed by atoms with van der Waals surface area (Å²) < 4.78 is 5.04. The lowest BCUT2D eigenvalue weighted by Gasteiger charge is -2.06. The summed E-state index contributed by atoms with van der Waals surface area (Å²) in [6, 6.07) is 13.4. The third-order valence-corrected chi connectivity index (χ3v) is 2.63. The second-order valence-electron chi connectivity index (χ2n) is 3.94. The van der Waals surface area contributed by atoms with Gasteiger partial charge in [-0.3, -0.25) is 4.79 Å². The molecule has 5 heteroatoms. The molecular weight excluding hydrogens is 256 g/mol. The topological polar surface area (TPSA) is 67.8 Å². The lowest BCUT2D eigenvalue weighted by atomic mass is 10.2. The maximum atomic E-state index is 12.0. The summed E-state index contributed by atoms with van der Waals surface area (Å²) in [5.41, 5.74) is 1.46. The molecule has 20 heavy (non-hydrogen) atoms. The Bertz CT molecular complexity index is 659. The Labute approximate surface area is 115 Å². The van der Waals surface area contributed by atoms with Gasteiger partial charge in [0.1, 0.15) is 5.75 Å². The van der Waals surface area contributed by atoms with Crippen molar-refractivity contribution in [3.8, 4) is 5.75 Å².